The average molecular weight is 371 g/mol. The van der Waals surface area contributed by atoms with Gasteiger partial charge in [0, 0.05) is 16.3 Å². The largest absolute Gasteiger partial charge is 0.240 e. The van der Waals surface area contributed by atoms with Crippen molar-refractivity contribution in [1.29, 1.82) is 0 Å². The molecule has 16 heavy (non-hydrogen) atoms. The lowest BCUT2D eigenvalue weighted by Crippen LogP contribution is -2.28. The average Bonchev–Trinajstić information content (AvgIpc) is 2.26. The van der Waals surface area contributed by atoms with Gasteiger partial charge in [-0.2, -0.15) is 0 Å². The van der Waals surface area contributed by atoms with E-state index < -0.39 is 10.0 Å². The SMILES string of the molecule is CC(CBr)CNS(=O)(=O)c1ccc(Br)cc1. The molecule has 0 fully saturated rings. The maximum absolute atomic E-state index is 11.8. The second kappa shape index (κ2) is 6.14. The van der Waals surface area contributed by atoms with E-state index in [2.05, 4.69) is 36.6 Å². The van der Waals surface area contributed by atoms with Crippen molar-refractivity contribution in [2.45, 2.75) is 11.8 Å². The minimum absolute atomic E-state index is 0.269. The Morgan fingerprint density at radius 1 is 1.31 bits per heavy atom. The summed E-state index contributed by atoms with van der Waals surface area (Å²) in [6.45, 7) is 2.41. The molecule has 0 aliphatic heterocycles. The van der Waals surface area contributed by atoms with Crippen molar-refractivity contribution in [1.82, 2.24) is 4.72 Å². The van der Waals surface area contributed by atoms with E-state index in [-0.39, 0.29) is 10.8 Å². The first-order valence-corrected chi connectivity index (χ1v) is 8.16. The maximum Gasteiger partial charge on any atom is 0.240 e. The molecule has 1 rings (SSSR count). The van der Waals surface area contributed by atoms with E-state index in [9.17, 15) is 8.42 Å². The molecule has 6 heteroatoms. The van der Waals surface area contributed by atoms with Gasteiger partial charge in [-0.1, -0.05) is 38.8 Å². The molecule has 0 spiro atoms. The molecule has 0 aliphatic carbocycles. The zero-order valence-electron chi connectivity index (χ0n) is 8.78. The molecule has 1 aromatic carbocycles. The van der Waals surface area contributed by atoms with Crippen molar-refractivity contribution in [2.24, 2.45) is 5.92 Å². The second-order valence-corrected chi connectivity index (χ2v) is 6.90. The number of halogens is 2. The highest BCUT2D eigenvalue weighted by atomic mass is 79.9. The minimum atomic E-state index is -3.37. The van der Waals surface area contributed by atoms with Gasteiger partial charge in [0.25, 0.3) is 0 Å². The van der Waals surface area contributed by atoms with Crippen molar-refractivity contribution < 1.29 is 8.42 Å². The zero-order chi connectivity index (χ0) is 12.2. The van der Waals surface area contributed by atoms with Crippen LogP contribution in [0.1, 0.15) is 6.92 Å². The van der Waals surface area contributed by atoms with Crippen LogP contribution in [0.5, 0.6) is 0 Å². The fourth-order valence-corrected chi connectivity index (χ4v) is 2.66. The van der Waals surface area contributed by atoms with E-state index in [1.807, 2.05) is 6.92 Å². The standard InChI is InChI=1S/C10H13Br2NO2S/c1-8(6-11)7-13-16(14,15)10-4-2-9(12)3-5-10/h2-5,8,13H,6-7H2,1H3. The lowest BCUT2D eigenvalue weighted by atomic mass is 10.2. The first-order valence-electron chi connectivity index (χ1n) is 4.77. The van der Waals surface area contributed by atoms with Crippen molar-refractivity contribution >= 4 is 41.9 Å². The fourth-order valence-electron chi connectivity index (χ4n) is 1.00. The van der Waals surface area contributed by atoms with Gasteiger partial charge in [0.15, 0.2) is 0 Å². The van der Waals surface area contributed by atoms with E-state index in [0.717, 1.165) is 9.80 Å². The predicted molar refractivity (Wildman–Crippen MR) is 72.3 cm³/mol. The predicted octanol–water partition coefficient (Wildman–Crippen LogP) is 2.76. The summed E-state index contributed by atoms with van der Waals surface area (Å²) in [5.74, 6) is 0.269. The molecule has 1 unspecified atom stereocenters. The second-order valence-electron chi connectivity index (χ2n) is 3.57. The molecule has 0 radical (unpaired) electrons. The minimum Gasteiger partial charge on any atom is -0.211 e. The quantitative estimate of drug-likeness (QED) is 0.810. The van der Waals surface area contributed by atoms with Gasteiger partial charge >= 0.3 is 0 Å². The van der Waals surface area contributed by atoms with Gasteiger partial charge < -0.3 is 0 Å². The third kappa shape index (κ3) is 4.16. The van der Waals surface area contributed by atoms with Gasteiger partial charge in [-0.05, 0) is 30.2 Å². The summed E-state index contributed by atoms with van der Waals surface area (Å²) in [4.78, 5) is 0.289. The van der Waals surface area contributed by atoms with Crippen molar-refractivity contribution in [3.8, 4) is 0 Å². The Kier molecular flexibility index (Phi) is 5.43. The van der Waals surface area contributed by atoms with Crippen LogP contribution in [0.2, 0.25) is 0 Å². The molecule has 3 nitrogen and oxygen atoms in total. The summed E-state index contributed by atoms with van der Waals surface area (Å²) in [7, 11) is -3.37. The number of hydrogen-bond acceptors (Lipinski definition) is 2. The van der Waals surface area contributed by atoms with E-state index in [1.165, 1.54) is 0 Å². The highest BCUT2D eigenvalue weighted by Gasteiger charge is 2.14. The molecular formula is C10H13Br2NO2S. The highest BCUT2D eigenvalue weighted by Crippen LogP contribution is 2.14. The molecule has 0 amide bonds. The third-order valence-electron chi connectivity index (χ3n) is 2.01. The summed E-state index contributed by atoms with van der Waals surface area (Å²) < 4.78 is 27.1. The van der Waals surface area contributed by atoms with Crippen molar-refractivity contribution in [2.75, 3.05) is 11.9 Å². The zero-order valence-corrected chi connectivity index (χ0v) is 12.8. The van der Waals surface area contributed by atoms with Crippen LogP contribution < -0.4 is 4.72 Å². The molecule has 0 saturated heterocycles. The van der Waals surface area contributed by atoms with Gasteiger partial charge in [0.05, 0.1) is 4.90 Å². The Bertz CT molecular complexity index is 431. The van der Waals surface area contributed by atoms with Crippen LogP contribution in [0.15, 0.2) is 33.6 Å². The Balaban J connectivity index is 2.74. The van der Waals surface area contributed by atoms with Crippen LogP contribution in [0.25, 0.3) is 0 Å². The lowest BCUT2D eigenvalue weighted by molar-refractivity contribution is 0.563. The van der Waals surface area contributed by atoms with Crippen LogP contribution in [0, 0.1) is 5.92 Å². The first-order chi connectivity index (χ1) is 7.45. The molecule has 0 saturated carbocycles. The topological polar surface area (TPSA) is 46.2 Å². The van der Waals surface area contributed by atoms with Crippen molar-refractivity contribution in [3.63, 3.8) is 0 Å². The molecule has 1 aromatic rings. The molecule has 0 heterocycles. The number of hydrogen-bond donors (Lipinski definition) is 1. The number of nitrogens with one attached hydrogen (secondary N) is 1. The van der Waals surface area contributed by atoms with Crippen LogP contribution in [-0.4, -0.2) is 20.3 Å². The molecular weight excluding hydrogens is 358 g/mol. The summed E-state index contributed by atoms with van der Waals surface area (Å²) in [5.41, 5.74) is 0. The smallest absolute Gasteiger partial charge is 0.211 e. The monoisotopic (exact) mass is 369 g/mol. The van der Waals surface area contributed by atoms with Crippen LogP contribution in [0.4, 0.5) is 0 Å². The molecule has 1 atom stereocenters. The van der Waals surface area contributed by atoms with E-state index >= 15 is 0 Å². The highest BCUT2D eigenvalue weighted by molar-refractivity contribution is 9.10. The Morgan fingerprint density at radius 2 is 1.88 bits per heavy atom. The number of rotatable bonds is 5. The molecule has 0 aromatic heterocycles. The Labute approximate surface area is 113 Å². The molecule has 0 bridgehead atoms. The Morgan fingerprint density at radius 3 is 2.38 bits per heavy atom. The fraction of sp³-hybridized carbons (Fsp3) is 0.400. The van der Waals surface area contributed by atoms with E-state index in [1.54, 1.807) is 24.3 Å². The van der Waals surface area contributed by atoms with Crippen LogP contribution >= 0.6 is 31.9 Å². The van der Waals surface area contributed by atoms with Gasteiger partial charge in [0.2, 0.25) is 10.0 Å². The summed E-state index contributed by atoms with van der Waals surface area (Å²) in [6, 6.07) is 6.57. The third-order valence-corrected chi connectivity index (χ3v) is 5.08. The lowest BCUT2D eigenvalue weighted by Gasteiger charge is -2.10. The molecule has 0 aliphatic rings. The summed E-state index contributed by atoms with van der Waals surface area (Å²) in [6.07, 6.45) is 0. The van der Waals surface area contributed by atoms with Crippen LogP contribution in [-0.2, 0) is 10.0 Å². The molecule has 1 N–H and O–H groups in total. The number of sulfonamides is 1. The molecule has 90 valence electrons. The summed E-state index contributed by atoms with van der Waals surface area (Å²) >= 11 is 6.57. The number of benzene rings is 1. The maximum atomic E-state index is 11.8. The number of alkyl halides is 1. The Hall–Kier alpha value is 0.0900. The van der Waals surface area contributed by atoms with Gasteiger partial charge in [0.1, 0.15) is 0 Å². The van der Waals surface area contributed by atoms with E-state index in [0.29, 0.717) is 6.54 Å². The van der Waals surface area contributed by atoms with Crippen LogP contribution in [0.3, 0.4) is 0 Å². The van der Waals surface area contributed by atoms with Gasteiger partial charge in [-0.3, -0.25) is 0 Å². The normalized spacial score (nSPS) is 13.7. The van der Waals surface area contributed by atoms with Gasteiger partial charge in [-0.25, -0.2) is 13.1 Å². The van der Waals surface area contributed by atoms with E-state index in [4.69, 9.17) is 0 Å². The van der Waals surface area contributed by atoms with Gasteiger partial charge in [-0.15, -0.1) is 0 Å². The first kappa shape index (κ1) is 14.2. The summed E-state index contributed by atoms with van der Waals surface area (Å²) in [5, 5.41) is 0.774. The van der Waals surface area contributed by atoms with Crippen molar-refractivity contribution in [3.05, 3.63) is 28.7 Å².